The molecule has 0 aromatic carbocycles. The minimum absolute atomic E-state index is 0.588. The van der Waals surface area contributed by atoms with Gasteiger partial charge < -0.3 is 5.73 Å². The Morgan fingerprint density at radius 1 is 1.55 bits per heavy atom. The van der Waals surface area contributed by atoms with Crippen molar-refractivity contribution >= 4 is 17.6 Å². The molecule has 0 aromatic rings. The Labute approximate surface area is 69.6 Å². The van der Waals surface area contributed by atoms with Gasteiger partial charge >= 0.3 is 0 Å². The summed E-state index contributed by atoms with van der Waals surface area (Å²) in [5.41, 5.74) is 6.60. The van der Waals surface area contributed by atoms with Crippen LogP contribution in [0.5, 0.6) is 0 Å². The molecule has 2 aliphatic rings. The van der Waals surface area contributed by atoms with Crippen LogP contribution in [0.4, 0.5) is 0 Å². The summed E-state index contributed by atoms with van der Waals surface area (Å²) in [6.45, 7) is 0. The van der Waals surface area contributed by atoms with E-state index in [9.17, 15) is 0 Å². The summed E-state index contributed by atoms with van der Waals surface area (Å²) in [5.74, 6) is 1.61. The number of hydrogen-bond donors (Lipinski definition) is 1. The highest BCUT2D eigenvalue weighted by Crippen LogP contribution is 2.32. The summed E-state index contributed by atoms with van der Waals surface area (Å²) in [7, 11) is 0. The van der Waals surface area contributed by atoms with Gasteiger partial charge in [0, 0.05) is 10.7 Å². The van der Waals surface area contributed by atoms with Crippen molar-refractivity contribution in [3.63, 3.8) is 0 Å². The number of amidine groups is 1. The van der Waals surface area contributed by atoms with Crippen LogP contribution in [0.2, 0.25) is 0 Å². The van der Waals surface area contributed by atoms with Crippen molar-refractivity contribution in [1.82, 2.24) is 0 Å². The first-order chi connectivity index (χ1) is 5.36. The third-order valence-corrected chi connectivity index (χ3v) is 2.52. The fraction of sp³-hybridized carbons (Fsp3) is 0.125. The van der Waals surface area contributed by atoms with Crippen LogP contribution in [0.15, 0.2) is 39.9 Å². The van der Waals surface area contributed by atoms with Gasteiger partial charge in [-0.2, -0.15) is 0 Å². The summed E-state index contributed by atoms with van der Waals surface area (Å²) in [4.78, 5) is 5.44. The van der Waals surface area contributed by atoms with Gasteiger partial charge in [-0.15, -0.1) is 11.8 Å². The highest BCUT2D eigenvalue weighted by atomic mass is 32.2. The van der Waals surface area contributed by atoms with Gasteiger partial charge in [0.15, 0.2) is 0 Å². The third-order valence-electron chi connectivity index (χ3n) is 1.53. The van der Waals surface area contributed by atoms with Crippen LogP contribution in [0.3, 0.4) is 0 Å². The van der Waals surface area contributed by atoms with E-state index >= 15 is 0 Å². The lowest BCUT2D eigenvalue weighted by Crippen LogP contribution is -2.06. The largest absolute Gasteiger partial charge is 0.384 e. The molecule has 0 unspecified atom stereocenters. The molecule has 2 nitrogen and oxygen atoms in total. The maximum Gasteiger partial charge on any atom is 0.124 e. The number of hydrogen-bond acceptors (Lipinski definition) is 3. The molecule has 2 aliphatic heterocycles. The standard InChI is InChI=1S/C8H8N2S/c9-8-3-1-2-7-6(10-8)4-5-11-7/h1-4H,5H2,(H2,9,10). The SMILES string of the molecule is NC1=NC2=CCSC2=CC=C1. The highest BCUT2D eigenvalue weighted by Gasteiger charge is 2.11. The van der Waals surface area contributed by atoms with Crippen molar-refractivity contribution in [2.75, 3.05) is 5.75 Å². The molecule has 0 saturated carbocycles. The number of allylic oxidation sites excluding steroid dienone is 2. The Kier molecular flexibility index (Phi) is 1.58. The van der Waals surface area contributed by atoms with Gasteiger partial charge in [0.1, 0.15) is 5.84 Å². The number of thioether (sulfide) groups is 1. The van der Waals surface area contributed by atoms with Crippen molar-refractivity contribution in [2.24, 2.45) is 10.7 Å². The summed E-state index contributed by atoms with van der Waals surface area (Å²) in [6.07, 6.45) is 7.89. The molecule has 3 heteroatoms. The van der Waals surface area contributed by atoms with Crippen LogP contribution in [-0.2, 0) is 0 Å². The average molecular weight is 164 g/mol. The molecule has 0 aromatic heterocycles. The Bertz CT molecular complexity index is 297. The first-order valence-electron chi connectivity index (χ1n) is 3.42. The lowest BCUT2D eigenvalue weighted by atomic mass is 10.4. The number of nitrogens with zero attached hydrogens (tertiary/aromatic N) is 1. The van der Waals surface area contributed by atoms with Crippen molar-refractivity contribution < 1.29 is 0 Å². The Morgan fingerprint density at radius 2 is 2.45 bits per heavy atom. The lowest BCUT2D eigenvalue weighted by molar-refractivity contribution is 1.38. The molecule has 0 radical (unpaired) electrons. The fourth-order valence-electron chi connectivity index (χ4n) is 1.03. The van der Waals surface area contributed by atoms with E-state index in [0.717, 1.165) is 11.4 Å². The van der Waals surface area contributed by atoms with E-state index in [0.29, 0.717) is 5.84 Å². The predicted octanol–water partition coefficient (Wildman–Crippen LogP) is 1.43. The molecule has 2 heterocycles. The van der Waals surface area contributed by atoms with E-state index in [1.54, 1.807) is 11.8 Å². The maximum absolute atomic E-state index is 5.57. The molecule has 0 aliphatic carbocycles. The quantitative estimate of drug-likeness (QED) is 0.588. The zero-order chi connectivity index (χ0) is 7.68. The van der Waals surface area contributed by atoms with Crippen molar-refractivity contribution in [2.45, 2.75) is 0 Å². The number of aliphatic imine (C=N–C) groups is 1. The molecule has 2 N–H and O–H groups in total. The van der Waals surface area contributed by atoms with Gasteiger partial charge in [-0.25, -0.2) is 4.99 Å². The second-order valence-corrected chi connectivity index (χ2v) is 3.39. The van der Waals surface area contributed by atoms with Crippen molar-refractivity contribution in [3.8, 4) is 0 Å². The summed E-state index contributed by atoms with van der Waals surface area (Å²) >= 11 is 1.80. The van der Waals surface area contributed by atoms with Gasteiger partial charge in [0.2, 0.25) is 0 Å². The second-order valence-electron chi connectivity index (χ2n) is 2.33. The van der Waals surface area contributed by atoms with Crippen LogP contribution >= 0.6 is 11.8 Å². The molecule has 0 fully saturated rings. The molecule has 11 heavy (non-hydrogen) atoms. The van der Waals surface area contributed by atoms with Gasteiger partial charge in [-0.3, -0.25) is 0 Å². The first kappa shape index (κ1) is 6.73. The molecule has 0 spiro atoms. The lowest BCUT2D eigenvalue weighted by Gasteiger charge is -1.94. The second kappa shape index (κ2) is 2.58. The van der Waals surface area contributed by atoms with E-state index in [-0.39, 0.29) is 0 Å². The topological polar surface area (TPSA) is 38.4 Å². The normalized spacial score (nSPS) is 21.6. The summed E-state index contributed by atoms with van der Waals surface area (Å²) in [5, 5.41) is 0. The number of nitrogens with two attached hydrogens (primary N) is 1. The minimum Gasteiger partial charge on any atom is -0.384 e. The van der Waals surface area contributed by atoms with Crippen LogP contribution in [0, 0.1) is 0 Å². The van der Waals surface area contributed by atoms with Crippen LogP contribution in [-0.4, -0.2) is 11.6 Å². The monoisotopic (exact) mass is 164 g/mol. The minimum atomic E-state index is 0.588. The molecular formula is C8H8N2S. The third kappa shape index (κ3) is 1.24. The predicted molar refractivity (Wildman–Crippen MR) is 49.4 cm³/mol. The molecule has 0 atom stereocenters. The van der Waals surface area contributed by atoms with Gasteiger partial charge in [0.25, 0.3) is 0 Å². The average Bonchev–Trinajstić information content (AvgIpc) is 2.31. The van der Waals surface area contributed by atoms with Gasteiger partial charge in [-0.1, -0.05) is 6.08 Å². The van der Waals surface area contributed by atoms with Crippen molar-refractivity contribution in [1.29, 1.82) is 0 Å². The van der Waals surface area contributed by atoms with Crippen molar-refractivity contribution in [3.05, 3.63) is 34.9 Å². The number of rotatable bonds is 0. The van der Waals surface area contributed by atoms with Crippen LogP contribution in [0.1, 0.15) is 0 Å². The first-order valence-corrected chi connectivity index (χ1v) is 4.41. The van der Waals surface area contributed by atoms with E-state index < -0.39 is 0 Å². The highest BCUT2D eigenvalue weighted by molar-refractivity contribution is 8.03. The Balaban J connectivity index is 2.43. The smallest absolute Gasteiger partial charge is 0.124 e. The van der Waals surface area contributed by atoms with E-state index in [1.165, 1.54) is 4.91 Å². The molecule has 0 amide bonds. The molecular weight excluding hydrogens is 156 g/mol. The van der Waals surface area contributed by atoms with Gasteiger partial charge in [-0.05, 0) is 18.2 Å². The summed E-state index contributed by atoms with van der Waals surface area (Å²) < 4.78 is 0. The zero-order valence-corrected chi connectivity index (χ0v) is 6.77. The number of fused-ring (bicyclic) bond motifs is 1. The molecule has 2 rings (SSSR count). The van der Waals surface area contributed by atoms with E-state index in [1.807, 2.05) is 18.2 Å². The maximum atomic E-state index is 5.57. The van der Waals surface area contributed by atoms with E-state index in [2.05, 4.69) is 11.1 Å². The molecule has 56 valence electrons. The Hall–Kier alpha value is -0.960. The van der Waals surface area contributed by atoms with Gasteiger partial charge in [0.05, 0.1) is 5.70 Å². The fourth-order valence-corrected chi connectivity index (χ4v) is 1.90. The zero-order valence-electron chi connectivity index (χ0n) is 5.95. The van der Waals surface area contributed by atoms with Crippen LogP contribution in [0.25, 0.3) is 0 Å². The molecule has 0 bridgehead atoms. The Morgan fingerprint density at radius 3 is 3.36 bits per heavy atom. The molecule has 0 saturated heterocycles. The summed E-state index contributed by atoms with van der Waals surface area (Å²) in [6, 6.07) is 0. The van der Waals surface area contributed by atoms with E-state index in [4.69, 9.17) is 5.73 Å². The van der Waals surface area contributed by atoms with Crippen LogP contribution < -0.4 is 5.73 Å².